The molecule has 0 radical (unpaired) electrons. The maximum Gasteiger partial charge on any atom is 0.119 e. The summed E-state index contributed by atoms with van der Waals surface area (Å²) in [6.07, 6.45) is 6.63. The van der Waals surface area contributed by atoms with Crippen LogP contribution in [-0.2, 0) is 5.41 Å². The smallest absolute Gasteiger partial charge is 0.119 e. The zero-order valence-electron chi connectivity index (χ0n) is 12.2. The highest BCUT2D eigenvalue weighted by atomic mass is 16.3. The maximum absolute atomic E-state index is 10.3. The highest BCUT2D eigenvalue weighted by molar-refractivity contribution is 5.47. The molecule has 1 aliphatic carbocycles. The molecule has 0 unspecified atom stereocenters. The number of phenols is 1. The number of hydrogen-bond acceptors (Lipinski definition) is 1. The van der Waals surface area contributed by atoms with Crippen molar-refractivity contribution in [2.45, 2.75) is 71.1 Å². The lowest BCUT2D eigenvalue weighted by molar-refractivity contribution is 0.429. The van der Waals surface area contributed by atoms with Crippen LogP contribution in [0.15, 0.2) is 12.1 Å². The summed E-state index contributed by atoms with van der Waals surface area (Å²) in [4.78, 5) is 0. The van der Waals surface area contributed by atoms with Crippen molar-refractivity contribution in [1.29, 1.82) is 0 Å². The Morgan fingerprint density at radius 3 is 2.17 bits per heavy atom. The number of aryl methyl sites for hydroxylation is 1. The van der Waals surface area contributed by atoms with Crippen LogP contribution in [0.1, 0.15) is 75.5 Å². The van der Waals surface area contributed by atoms with Gasteiger partial charge in [-0.3, -0.25) is 0 Å². The average Bonchev–Trinajstić information content (AvgIpc) is 2.27. The lowest BCUT2D eigenvalue weighted by Gasteiger charge is -2.27. The summed E-state index contributed by atoms with van der Waals surface area (Å²) in [5.74, 6) is 1.15. The predicted molar refractivity (Wildman–Crippen MR) is 77.4 cm³/mol. The van der Waals surface area contributed by atoms with Crippen molar-refractivity contribution in [2.75, 3.05) is 0 Å². The summed E-state index contributed by atoms with van der Waals surface area (Å²) in [5.41, 5.74) is 3.70. The molecule has 0 spiro atoms. The average molecular weight is 246 g/mol. The predicted octanol–water partition coefficient (Wildman–Crippen LogP) is 5.05. The Hall–Kier alpha value is -0.980. The Balaban J connectivity index is 2.36. The van der Waals surface area contributed by atoms with Gasteiger partial charge in [0.25, 0.3) is 0 Å². The SMILES string of the molecule is Cc1cc(C2CCCCC2)cc(O)c1C(C)(C)C. The monoisotopic (exact) mass is 246 g/mol. The van der Waals surface area contributed by atoms with E-state index in [-0.39, 0.29) is 5.41 Å². The minimum Gasteiger partial charge on any atom is -0.508 e. The lowest BCUT2D eigenvalue weighted by Crippen LogP contribution is -2.14. The highest BCUT2D eigenvalue weighted by Crippen LogP contribution is 2.39. The van der Waals surface area contributed by atoms with E-state index in [4.69, 9.17) is 0 Å². The third-order valence-electron chi connectivity index (χ3n) is 4.16. The largest absolute Gasteiger partial charge is 0.508 e. The van der Waals surface area contributed by atoms with Crippen molar-refractivity contribution in [3.63, 3.8) is 0 Å². The van der Waals surface area contributed by atoms with Gasteiger partial charge in [-0.15, -0.1) is 0 Å². The molecule has 0 atom stereocenters. The standard InChI is InChI=1S/C17H26O/c1-12-10-14(13-8-6-5-7-9-13)11-15(18)16(12)17(2,3)4/h10-11,13,18H,5-9H2,1-4H3. The fraction of sp³-hybridized carbons (Fsp3) is 0.647. The molecule has 1 aromatic carbocycles. The molecule has 1 fully saturated rings. The number of phenolic OH excluding ortho intramolecular Hbond substituents is 1. The van der Waals surface area contributed by atoms with E-state index in [9.17, 15) is 5.11 Å². The minimum absolute atomic E-state index is 0.0132. The van der Waals surface area contributed by atoms with Gasteiger partial charge in [-0.2, -0.15) is 0 Å². The summed E-state index contributed by atoms with van der Waals surface area (Å²) in [5, 5.41) is 10.3. The van der Waals surface area contributed by atoms with Crippen molar-refractivity contribution in [3.05, 3.63) is 28.8 Å². The fourth-order valence-corrected chi connectivity index (χ4v) is 3.44. The van der Waals surface area contributed by atoms with E-state index in [1.54, 1.807) is 0 Å². The van der Waals surface area contributed by atoms with E-state index in [1.165, 1.54) is 43.2 Å². The summed E-state index contributed by atoms with van der Waals surface area (Å²) >= 11 is 0. The second kappa shape index (κ2) is 4.95. The third-order valence-corrected chi connectivity index (χ3v) is 4.16. The first-order chi connectivity index (χ1) is 8.39. The quantitative estimate of drug-likeness (QED) is 0.735. The summed E-state index contributed by atoms with van der Waals surface area (Å²) in [6, 6.07) is 4.32. The molecule has 0 saturated heterocycles. The highest BCUT2D eigenvalue weighted by Gasteiger charge is 2.23. The van der Waals surface area contributed by atoms with E-state index in [1.807, 2.05) is 6.07 Å². The molecule has 1 aromatic rings. The van der Waals surface area contributed by atoms with Gasteiger partial charge in [0.15, 0.2) is 0 Å². The lowest BCUT2D eigenvalue weighted by atomic mass is 9.79. The van der Waals surface area contributed by atoms with Crippen LogP contribution in [0.2, 0.25) is 0 Å². The Morgan fingerprint density at radius 1 is 1.06 bits per heavy atom. The Kier molecular flexibility index (Phi) is 3.70. The molecule has 1 N–H and O–H groups in total. The van der Waals surface area contributed by atoms with Crippen LogP contribution in [0.25, 0.3) is 0 Å². The van der Waals surface area contributed by atoms with E-state index < -0.39 is 0 Å². The summed E-state index contributed by atoms with van der Waals surface area (Å²) in [7, 11) is 0. The molecule has 1 saturated carbocycles. The van der Waals surface area contributed by atoms with Crippen LogP contribution in [0.5, 0.6) is 5.75 Å². The fourth-order valence-electron chi connectivity index (χ4n) is 3.44. The van der Waals surface area contributed by atoms with Crippen LogP contribution >= 0.6 is 0 Å². The molecule has 0 bridgehead atoms. The topological polar surface area (TPSA) is 20.2 Å². The van der Waals surface area contributed by atoms with Crippen molar-refractivity contribution in [2.24, 2.45) is 0 Å². The Bertz CT molecular complexity index is 397. The molecule has 1 nitrogen and oxygen atoms in total. The molecule has 0 amide bonds. The molecule has 18 heavy (non-hydrogen) atoms. The van der Waals surface area contributed by atoms with Crippen molar-refractivity contribution in [3.8, 4) is 5.75 Å². The number of hydrogen-bond donors (Lipinski definition) is 1. The van der Waals surface area contributed by atoms with Crippen LogP contribution in [-0.4, -0.2) is 5.11 Å². The first-order valence-corrected chi connectivity index (χ1v) is 7.23. The first kappa shape index (κ1) is 13.5. The van der Waals surface area contributed by atoms with Crippen LogP contribution in [0, 0.1) is 6.92 Å². The van der Waals surface area contributed by atoms with Crippen molar-refractivity contribution < 1.29 is 5.11 Å². The molecule has 1 heteroatoms. The van der Waals surface area contributed by atoms with Gasteiger partial charge in [0.1, 0.15) is 5.75 Å². The van der Waals surface area contributed by atoms with E-state index in [2.05, 4.69) is 33.8 Å². The molecule has 1 aliphatic rings. The zero-order valence-corrected chi connectivity index (χ0v) is 12.2. The van der Waals surface area contributed by atoms with Crippen LogP contribution in [0.4, 0.5) is 0 Å². The minimum atomic E-state index is 0.0132. The molecule has 2 rings (SSSR count). The van der Waals surface area contributed by atoms with Crippen molar-refractivity contribution >= 4 is 0 Å². The Labute approximate surface area is 111 Å². The normalized spacial score (nSPS) is 18.0. The maximum atomic E-state index is 10.3. The van der Waals surface area contributed by atoms with Crippen LogP contribution < -0.4 is 0 Å². The second-order valence-electron chi connectivity index (χ2n) is 6.82. The van der Waals surface area contributed by atoms with E-state index in [0.717, 1.165) is 5.56 Å². The van der Waals surface area contributed by atoms with Gasteiger partial charge in [-0.25, -0.2) is 0 Å². The van der Waals surface area contributed by atoms with Gasteiger partial charge in [0, 0.05) is 5.56 Å². The molecule has 0 aliphatic heterocycles. The molecular formula is C17H26O. The number of aromatic hydroxyl groups is 1. The molecular weight excluding hydrogens is 220 g/mol. The molecule has 0 aromatic heterocycles. The first-order valence-electron chi connectivity index (χ1n) is 7.23. The number of benzene rings is 1. The van der Waals surface area contributed by atoms with Crippen molar-refractivity contribution in [1.82, 2.24) is 0 Å². The zero-order chi connectivity index (χ0) is 13.3. The van der Waals surface area contributed by atoms with Gasteiger partial charge in [-0.05, 0) is 48.3 Å². The summed E-state index contributed by atoms with van der Waals surface area (Å²) < 4.78 is 0. The molecule has 100 valence electrons. The molecule has 0 heterocycles. The van der Waals surface area contributed by atoms with E-state index in [0.29, 0.717) is 11.7 Å². The Morgan fingerprint density at radius 2 is 1.67 bits per heavy atom. The van der Waals surface area contributed by atoms with Gasteiger partial charge >= 0.3 is 0 Å². The third kappa shape index (κ3) is 2.71. The van der Waals surface area contributed by atoms with Gasteiger partial charge < -0.3 is 5.11 Å². The van der Waals surface area contributed by atoms with Crippen LogP contribution in [0.3, 0.4) is 0 Å². The van der Waals surface area contributed by atoms with Gasteiger partial charge in [-0.1, -0.05) is 46.1 Å². The second-order valence-corrected chi connectivity index (χ2v) is 6.82. The van der Waals surface area contributed by atoms with Gasteiger partial charge in [0.2, 0.25) is 0 Å². The summed E-state index contributed by atoms with van der Waals surface area (Å²) in [6.45, 7) is 8.62. The van der Waals surface area contributed by atoms with Gasteiger partial charge in [0.05, 0.1) is 0 Å². The number of rotatable bonds is 1. The van der Waals surface area contributed by atoms with E-state index >= 15 is 0 Å².